The van der Waals surface area contributed by atoms with Crippen LogP contribution in [0.15, 0.2) is 24.3 Å². The van der Waals surface area contributed by atoms with E-state index < -0.39 is 49.3 Å². The van der Waals surface area contributed by atoms with Crippen LogP contribution in [0.1, 0.15) is 18.9 Å². The average Bonchev–Trinajstić information content (AvgIpc) is 2.59. The number of benzene rings is 1. The molecule has 0 spiro atoms. The SMILES string of the molecule is CC1CC(NCC(F)(F)CO)NC(NC(=O)Nc2cccc(C(F)(F)F)c2)N1. The maximum absolute atomic E-state index is 13.2. The zero-order valence-corrected chi connectivity index (χ0v) is 14.9. The fourth-order valence-electron chi connectivity index (χ4n) is 2.65. The predicted octanol–water partition coefficient (Wildman–Crippen LogP) is 1.63. The second-order valence-corrected chi connectivity index (χ2v) is 6.53. The molecule has 0 aromatic heterocycles. The van der Waals surface area contributed by atoms with Gasteiger partial charge in [0.1, 0.15) is 12.9 Å². The molecule has 1 saturated heterocycles. The maximum atomic E-state index is 13.2. The highest BCUT2D eigenvalue weighted by atomic mass is 19.4. The van der Waals surface area contributed by atoms with Gasteiger partial charge in [-0.2, -0.15) is 13.2 Å². The second-order valence-electron chi connectivity index (χ2n) is 6.53. The molecular weight excluding hydrogens is 389 g/mol. The molecule has 6 N–H and O–H groups in total. The minimum absolute atomic E-state index is 0.0477. The van der Waals surface area contributed by atoms with Crippen LogP contribution in [0.4, 0.5) is 32.4 Å². The fourth-order valence-corrected chi connectivity index (χ4v) is 2.65. The lowest BCUT2D eigenvalue weighted by atomic mass is 10.1. The zero-order valence-electron chi connectivity index (χ0n) is 14.9. The molecule has 1 fully saturated rings. The van der Waals surface area contributed by atoms with Gasteiger partial charge in [0.2, 0.25) is 0 Å². The number of carbonyl (C=O) groups is 1. The number of hydrogen-bond acceptors (Lipinski definition) is 5. The van der Waals surface area contributed by atoms with Crippen molar-refractivity contribution in [1.82, 2.24) is 21.3 Å². The molecule has 7 nitrogen and oxygen atoms in total. The first-order valence-electron chi connectivity index (χ1n) is 8.47. The van der Waals surface area contributed by atoms with Crippen LogP contribution in [-0.2, 0) is 6.18 Å². The summed E-state index contributed by atoms with van der Waals surface area (Å²) in [6.45, 7) is -0.266. The molecule has 0 saturated carbocycles. The van der Waals surface area contributed by atoms with E-state index >= 15 is 0 Å². The Labute approximate surface area is 158 Å². The minimum Gasteiger partial charge on any atom is -0.390 e. The van der Waals surface area contributed by atoms with E-state index in [0.717, 1.165) is 12.1 Å². The zero-order chi connectivity index (χ0) is 20.9. The number of alkyl halides is 5. The van der Waals surface area contributed by atoms with E-state index in [1.165, 1.54) is 12.1 Å². The molecule has 12 heteroatoms. The van der Waals surface area contributed by atoms with Gasteiger partial charge in [-0.1, -0.05) is 6.07 Å². The highest BCUT2D eigenvalue weighted by molar-refractivity contribution is 5.89. The number of rotatable bonds is 6. The average molecular weight is 411 g/mol. The van der Waals surface area contributed by atoms with Crippen LogP contribution < -0.4 is 26.6 Å². The molecule has 2 rings (SSSR count). The number of urea groups is 1. The molecule has 1 aromatic rings. The molecule has 0 radical (unpaired) electrons. The van der Waals surface area contributed by atoms with E-state index in [-0.39, 0.29) is 11.7 Å². The Kier molecular flexibility index (Phi) is 7.15. The van der Waals surface area contributed by atoms with Crippen LogP contribution in [0, 0.1) is 0 Å². The van der Waals surface area contributed by atoms with E-state index in [0.29, 0.717) is 6.42 Å². The Morgan fingerprint density at radius 1 is 1.25 bits per heavy atom. The topological polar surface area (TPSA) is 97.5 Å². The van der Waals surface area contributed by atoms with Crippen molar-refractivity contribution < 1.29 is 31.9 Å². The fraction of sp³-hybridized carbons (Fsp3) is 0.562. The Morgan fingerprint density at radius 3 is 2.61 bits per heavy atom. The van der Waals surface area contributed by atoms with E-state index in [1.54, 1.807) is 6.92 Å². The third-order valence-electron chi connectivity index (χ3n) is 3.97. The predicted molar refractivity (Wildman–Crippen MR) is 91.6 cm³/mol. The third kappa shape index (κ3) is 6.86. The van der Waals surface area contributed by atoms with Crippen LogP contribution >= 0.6 is 0 Å². The van der Waals surface area contributed by atoms with Crippen LogP contribution in [0.5, 0.6) is 0 Å². The summed E-state index contributed by atoms with van der Waals surface area (Å²) < 4.78 is 64.5. The van der Waals surface area contributed by atoms with Gasteiger partial charge in [0.05, 0.1) is 18.3 Å². The lowest BCUT2D eigenvalue weighted by Gasteiger charge is -2.37. The van der Waals surface area contributed by atoms with Gasteiger partial charge in [0.15, 0.2) is 0 Å². The van der Waals surface area contributed by atoms with Crippen molar-refractivity contribution in [3.8, 4) is 0 Å². The molecule has 3 atom stereocenters. The van der Waals surface area contributed by atoms with Crippen molar-refractivity contribution >= 4 is 11.7 Å². The quantitative estimate of drug-likeness (QED) is 0.400. The van der Waals surface area contributed by atoms with Crippen LogP contribution in [-0.4, -0.2) is 48.7 Å². The van der Waals surface area contributed by atoms with Gasteiger partial charge in [-0.3, -0.25) is 16.0 Å². The molecule has 28 heavy (non-hydrogen) atoms. The van der Waals surface area contributed by atoms with Gasteiger partial charge in [0.25, 0.3) is 5.92 Å². The molecule has 158 valence electrons. The number of nitrogens with one attached hydrogen (secondary N) is 5. The van der Waals surface area contributed by atoms with Crippen molar-refractivity contribution in [2.75, 3.05) is 18.5 Å². The van der Waals surface area contributed by atoms with Crippen molar-refractivity contribution in [3.05, 3.63) is 29.8 Å². The van der Waals surface area contributed by atoms with E-state index in [1.807, 2.05) is 0 Å². The molecular formula is C16H22F5N5O2. The van der Waals surface area contributed by atoms with Gasteiger partial charge < -0.3 is 15.7 Å². The van der Waals surface area contributed by atoms with Crippen molar-refractivity contribution in [2.24, 2.45) is 0 Å². The van der Waals surface area contributed by atoms with Gasteiger partial charge in [-0.15, -0.1) is 0 Å². The molecule has 1 aromatic carbocycles. The van der Waals surface area contributed by atoms with Gasteiger partial charge in [-0.25, -0.2) is 13.6 Å². The Hall–Kier alpha value is -2.02. The van der Waals surface area contributed by atoms with Crippen molar-refractivity contribution in [1.29, 1.82) is 0 Å². The molecule has 2 amide bonds. The first-order chi connectivity index (χ1) is 13.0. The van der Waals surface area contributed by atoms with Gasteiger partial charge in [-0.05, 0) is 31.5 Å². The monoisotopic (exact) mass is 411 g/mol. The number of anilines is 1. The highest BCUT2D eigenvalue weighted by Crippen LogP contribution is 2.30. The summed E-state index contributed by atoms with van der Waals surface area (Å²) in [5, 5.41) is 21.7. The molecule has 1 aliphatic rings. The summed E-state index contributed by atoms with van der Waals surface area (Å²) >= 11 is 0. The summed E-state index contributed by atoms with van der Waals surface area (Å²) in [6.07, 6.45) is -5.50. The third-order valence-corrected chi connectivity index (χ3v) is 3.97. The number of amides is 2. The van der Waals surface area contributed by atoms with Crippen molar-refractivity contribution in [3.63, 3.8) is 0 Å². The molecule has 1 heterocycles. The summed E-state index contributed by atoms with van der Waals surface area (Å²) in [6, 6.07) is 3.22. The lowest BCUT2D eigenvalue weighted by Crippen LogP contribution is -2.68. The number of aliphatic hydroxyl groups is 1. The first-order valence-corrected chi connectivity index (χ1v) is 8.47. The van der Waals surface area contributed by atoms with Crippen LogP contribution in [0.3, 0.4) is 0 Å². The number of halogens is 5. The largest absolute Gasteiger partial charge is 0.416 e. The number of carbonyl (C=O) groups excluding carboxylic acids is 1. The van der Waals surface area contributed by atoms with E-state index in [9.17, 15) is 26.7 Å². The lowest BCUT2D eigenvalue weighted by molar-refractivity contribution is -0.137. The van der Waals surface area contributed by atoms with Gasteiger partial charge >= 0.3 is 12.2 Å². The number of hydrogen-bond donors (Lipinski definition) is 6. The molecule has 1 aliphatic heterocycles. The second kappa shape index (κ2) is 8.99. The maximum Gasteiger partial charge on any atom is 0.416 e. The normalized spacial score (nSPS) is 23.3. The molecule has 0 aliphatic carbocycles. The standard InChI is InChI=1S/C16H22F5N5O2/c1-9-5-12(22-7-15(17,18)8-27)25-13(23-9)26-14(28)24-11-4-2-3-10(6-11)16(19,20)21/h2-4,6,9,12-13,22-23,25,27H,5,7-8H2,1H3,(H2,24,26,28). The summed E-state index contributed by atoms with van der Waals surface area (Å²) in [4.78, 5) is 12.1. The molecule has 0 bridgehead atoms. The summed E-state index contributed by atoms with van der Waals surface area (Å²) in [7, 11) is 0. The first kappa shape index (κ1) is 22.3. The Morgan fingerprint density at radius 2 is 1.96 bits per heavy atom. The van der Waals surface area contributed by atoms with Crippen LogP contribution in [0.2, 0.25) is 0 Å². The Balaban J connectivity index is 1.90. The smallest absolute Gasteiger partial charge is 0.390 e. The summed E-state index contributed by atoms with van der Waals surface area (Å²) in [5.41, 5.74) is -0.949. The van der Waals surface area contributed by atoms with E-state index in [4.69, 9.17) is 5.11 Å². The van der Waals surface area contributed by atoms with Crippen LogP contribution in [0.25, 0.3) is 0 Å². The molecule has 3 unspecified atom stereocenters. The highest BCUT2D eigenvalue weighted by Gasteiger charge is 2.32. The number of aliphatic hydroxyl groups excluding tert-OH is 1. The Bertz CT molecular complexity index is 673. The minimum atomic E-state index is -4.54. The van der Waals surface area contributed by atoms with Crippen molar-refractivity contribution in [2.45, 2.75) is 43.9 Å². The van der Waals surface area contributed by atoms with E-state index in [2.05, 4.69) is 26.6 Å². The van der Waals surface area contributed by atoms with Gasteiger partial charge in [0, 0.05) is 11.7 Å². The summed E-state index contributed by atoms with van der Waals surface area (Å²) in [5.74, 6) is -3.28.